The highest BCUT2D eigenvalue weighted by atomic mass is 16.1. The van der Waals surface area contributed by atoms with Crippen LogP contribution in [0.15, 0.2) is 17.1 Å². The van der Waals surface area contributed by atoms with Crippen LogP contribution in [0.2, 0.25) is 0 Å². The molecular formula is C9H14N2O. The smallest absolute Gasteiger partial charge is 0.250 e. The van der Waals surface area contributed by atoms with Crippen LogP contribution in [-0.4, -0.2) is 4.98 Å². The van der Waals surface area contributed by atoms with Crippen molar-refractivity contribution in [2.45, 2.75) is 26.3 Å². The van der Waals surface area contributed by atoms with E-state index in [4.69, 9.17) is 5.73 Å². The van der Waals surface area contributed by atoms with Crippen molar-refractivity contribution in [2.24, 2.45) is 5.73 Å². The monoisotopic (exact) mass is 166 g/mol. The van der Waals surface area contributed by atoms with Crippen molar-refractivity contribution in [3.63, 3.8) is 0 Å². The molecule has 12 heavy (non-hydrogen) atoms. The van der Waals surface area contributed by atoms with E-state index in [-0.39, 0.29) is 11.6 Å². The third kappa shape index (κ3) is 1.74. The minimum atomic E-state index is -0.0398. The number of hydrogen-bond acceptors (Lipinski definition) is 2. The Morgan fingerprint density at radius 2 is 2.33 bits per heavy atom. The summed E-state index contributed by atoms with van der Waals surface area (Å²) < 4.78 is 0. The van der Waals surface area contributed by atoms with Crippen molar-refractivity contribution in [3.05, 3.63) is 33.7 Å². The molecule has 0 radical (unpaired) electrons. The van der Waals surface area contributed by atoms with Gasteiger partial charge in [-0.1, -0.05) is 6.92 Å². The molecule has 1 heterocycles. The molecule has 0 aliphatic heterocycles. The van der Waals surface area contributed by atoms with Gasteiger partial charge in [0.25, 0.3) is 5.56 Å². The van der Waals surface area contributed by atoms with Crippen LogP contribution in [0.5, 0.6) is 0 Å². The van der Waals surface area contributed by atoms with Gasteiger partial charge in [-0.3, -0.25) is 4.79 Å². The Bertz CT molecular complexity index is 317. The van der Waals surface area contributed by atoms with Crippen LogP contribution in [0.25, 0.3) is 0 Å². The van der Waals surface area contributed by atoms with Crippen LogP contribution in [-0.2, 0) is 0 Å². The van der Waals surface area contributed by atoms with Crippen molar-refractivity contribution in [3.8, 4) is 0 Å². The molecule has 3 nitrogen and oxygen atoms in total. The van der Waals surface area contributed by atoms with Crippen molar-refractivity contribution >= 4 is 0 Å². The molecule has 3 heteroatoms. The molecule has 0 saturated heterocycles. The van der Waals surface area contributed by atoms with Crippen molar-refractivity contribution < 1.29 is 0 Å². The Morgan fingerprint density at radius 3 is 2.83 bits per heavy atom. The number of H-pyrrole nitrogens is 1. The van der Waals surface area contributed by atoms with Crippen LogP contribution in [0, 0.1) is 6.92 Å². The maximum atomic E-state index is 11.0. The zero-order valence-electron chi connectivity index (χ0n) is 7.42. The number of nitrogens with two attached hydrogens (primary N) is 1. The molecule has 0 spiro atoms. The highest BCUT2D eigenvalue weighted by Gasteiger charge is 2.03. The number of rotatable bonds is 2. The van der Waals surface area contributed by atoms with Crippen LogP contribution in [0.4, 0.5) is 0 Å². The summed E-state index contributed by atoms with van der Waals surface area (Å²) in [5.74, 6) is 0. The summed E-state index contributed by atoms with van der Waals surface area (Å²) in [7, 11) is 0. The highest BCUT2D eigenvalue weighted by molar-refractivity contribution is 5.19. The molecule has 0 aliphatic rings. The predicted octanol–water partition coefficient (Wildman–Crippen LogP) is 1.09. The quantitative estimate of drug-likeness (QED) is 0.691. The third-order valence-corrected chi connectivity index (χ3v) is 1.98. The number of aryl methyl sites for hydroxylation is 1. The van der Waals surface area contributed by atoms with Gasteiger partial charge >= 0.3 is 0 Å². The van der Waals surface area contributed by atoms with Crippen molar-refractivity contribution in [1.29, 1.82) is 0 Å². The Morgan fingerprint density at radius 1 is 1.67 bits per heavy atom. The minimum Gasteiger partial charge on any atom is -0.329 e. The van der Waals surface area contributed by atoms with E-state index < -0.39 is 0 Å². The molecule has 0 saturated carbocycles. The van der Waals surface area contributed by atoms with Crippen molar-refractivity contribution in [1.82, 2.24) is 4.98 Å². The molecule has 0 aliphatic carbocycles. The number of hydrogen-bond donors (Lipinski definition) is 2. The molecular weight excluding hydrogens is 152 g/mol. The normalized spacial score (nSPS) is 12.9. The van der Waals surface area contributed by atoms with E-state index in [2.05, 4.69) is 4.98 Å². The molecule has 66 valence electrons. The Kier molecular flexibility index (Phi) is 2.65. The van der Waals surface area contributed by atoms with Crippen LogP contribution in [0.3, 0.4) is 0 Å². The van der Waals surface area contributed by atoms with Gasteiger partial charge < -0.3 is 10.7 Å². The standard InChI is InChI=1S/C9H14N2O/c1-3-8(10)7-4-6(2)9(12)11-5-7/h4-5,8H,3,10H2,1-2H3,(H,11,12)/t8-/m0/s1. The van der Waals surface area contributed by atoms with Crippen molar-refractivity contribution in [2.75, 3.05) is 0 Å². The summed E-state index contributed by atoms with van der Waals surface area (Å²) in [6.07, 6.45) is 2.56. The molecule has 0 aromatic carbocycles. The predicted molar refractivity (Wildman–Crippen MR) is 49.0 cm³/mol. The lowest BCUT2D eigenvalue weighted by Crippen LogP contribution is -2.14. The zero-order chi connectivity index (χ0) is 9.14. The molecule has 1 aromatic rings. The lowest BCUT2D eigenvalue weighted by molar-refractivity contribution is 0.693. The summed E-state index contributed by atoms with van der Waals surface area (Å²) in [6.45, 7) is 3.80. The number of aromatic amines is 1. The van der Waals surface area contributed by atoms with Gasteiger partial charge in [-0.2, -0.15) is 0 Å². The Balaban J connectivity index is 3.04. The first-order valence-corrected chi connectivity index (χ1v) is 4.10. The second kappa shape index (κ2) is 3.54. The molecule has 3 N–H and O–H groups in total. The fourth-order valence-electron chi connectivity index (χ4n) is 1.07. The SMILES string of the molecule is CC[C@H](N)c1c[nH]c(=O)c(C)c1. The van der Waals surface area contributed by atoms with E-state index in [1.807, 2.05) is 13.0 Å². The Labute approximate surface area is 71.6 Å². The number of aromatic nitrogens is 1. The van der Waals surface area contributed by atoms with Gasteiger partial charge in [0.05, 0.1) is 0 Å². The van der Waals surface area contributed by atoms with E-state index in [0.29, 0.717) is 0 Å². The number of nitrogens with one attached hydrogen (secondary N) is 1. The zero-order valence-corrected chi connectivity index (χ0v) is 7.42. The minimum absolute atomic E-state index is 0.0283. The summed E-state index contributed by atoms with van der Waals surface area (Å²) in [6, 6.07) is 1.87. The van der Waals surface area contributed by atoms with Gasteiger partial charge in [-0.25, -0.2) is 0 Å². The summed E-state index contributed by atoms with van der Waals surface area (Å²) >= 11 is 0. The van der Waals surface area contributed by atoms with Crippen LogP contribution >= 0.6 is 0 Å². The fourth-order valence-corrected chi connectivity index (χ4v) is 1.07. The molecule has 0 amide bonds. The lowest BCUT2D eigenvalue weighted by Gasteiger charge is -2.08. The summed E-state index contributed by atoms with van der Waals surface area (Å²) in [5, 5.41) is 0. The van der Waals surface area contributed by atoms with E-state index >= 15 is 0 Å². The van der Waals surface area contributed by atoms with Crippen LogP contribution in [0.1, 0.15) is 30.5 Å². The maximum absolute atomic E-state index is 11.0. The van der Waals surface area contributed by atoms with E-state index in [0.717, 1.165) is 17.5 Å². The number of pyridine rings is 1. The summed E-state index contributed by atoms with van der Waals surface area (Å²) in [5.41, 5.74) is 7.47. The first-order valence-electron chi connectivity index (χ1n) is 4.10. The highest BCUT2D eigenvalue weighted by Crippen LogP contribution is 2.11. The molecule has 0 fully saturated rings. The van der Waals surface area contributed by atoms with Gasteiger partial charge in [0, 0.05) is 17.8 Å². The van der Waals surface area contributed by atoms with Gasteiger partial charge in [-0.15, -0.1) is 0 Å². The third-order valence-electron chi connectivity index (χ3n) is 1.98. The topological polar surface area (TPSA) is 58.9 Å². The van der Waals surface area contributed by atoms with Gasteiger partial charge in [-0.05, 0) is 25.0 Å². The van der Waals surface area contributed by atoms with Crippen LogP contribution < -0.4 is 11.3 Å². The van der Waals surface area contributed by atoms with Gasteiger partial charge in [0.1, 0.15) is 0 Å². The Hall–Kier alpha value is -1.09. The molecule has 0 unspecified atom stereocenters. The second-order valence-electron chi connectivity index (χ2n) is 2.96. The average Bonchev–Trinajstić information content (AvgIpc) is 2.08. The molecule has 1 atom stereocenters. The average molecular weight is 166 g/mol. The maximum Gasteiger partial charge on any atom is 0.250 e. The molecule has 0 bridgehead atoms. The molecule has 1 aromatic heterocycles. The van der Waals surface area contributed by atoms with Gasteiger partial charge in [0.15, 0.2) is 0 Å². The largest absolute Gasteiger partial charge is 0.329 e. The second-order valence-corrected chi connectivity index (χ2v) is 2.96. The lowest BCUT2D eigenvalue weighted by atomic mass is 10.1. The van der Waals surface area contributed by atoms with E-state index in [9.17, 15) is 4.79 Å². The van der Waals surface area contributed by atoms with E-state index in [1.54, 1.807) is 13.1 Å². The fraction of sp³-hybridized carbons (Fsp3) is 0.444. The van der Waals surface area contributed by atoms with Gasteiger partial charge in [0.2, 0.25) is 0 Å². The van der Waals surface area contributed by atoms with E-state index in [1.165, 1.54) is 0 Å². The molecule has 1 rings (SSSR count). The summed E-state index contributed by atoms with van der Waals surface area (Å²) in [4.78, 5) is 13.6. The first kappa shape index (κ1) is 9.00. The first-order chi connectivity index (χ1) is 5.65.